The molecule has 0 bridgehead atoms. The first-order valence-corrected chi connectivity index (χ1v) is 11.5. The van der Waals surface area contributed by atoms with Crippen LogP contribution in [0.3, 0.4) is 0 Å². The van der Waals surface area contributed by atoms with Gasteiger partial charge in [0.15, 0.2) is 5.82 Å². The second-order valence-electron chi connectivity index (χ2n) is 8.97. The van der Waals surface area contributed by atoms with Crippen LogP contribution >= 0.6 is 0 Å². The zero-order valence-corrected chi connectivity index (χ0v) is 19.2. The molecule has 0 aliphatic carbocycles. The van der Waals surface area contributed by atoms with Gasteiger partial charge in [0.2, 0.25) is 0 Å². The van der Waals surface area contributed by atoms with E-state index in [-0.39, 0.29) is 11.4 Å². The summed E-state index contributed by atoms with van der Waals surface area (Å²) in [4.78, 5) is 18.7. The Labute approximate surface area is 196 Å². The van der Waals surface area contributed by atoms with Crippen molar-refractivity contribution < 1.29 is 9.13 Å². The molecule has 3 heterocycles. The third kappa shape index (κ3) is 4.43. The molecule has 1 aliphatic rings. The average molecular weight is 463 g/mol. The van der Waals surface area contributed by atoms with E-state index in [9.17, 15) is 9.18 Å². The zero-order valence-electron chi connectivity index (χ0n) is 19.2. The predicted molar refractivity (Wildman–Crippen MR) is 126 cm³/mol. The van der Waals surface area contributed by atoms with Gasteiger partial charge in [-0.25, -0.2) is 9.07 Å². The lowest BCUT2D eigenvalue weighted by atomic mass is 9.95. The first-order chi connectivity index (χ1) is 16.5. The van der Waals surface area contributed by atoms with Gasteiger partial charge in [-0.15, -0.1) is 5.10 Å². The van der Waals surface area contributed by atoms with Crippen molar-refractivity contribution in [2.24, 2.45) is 5.92 Å². The molecule has 2 aromatic heterocycles. The van der Waals surface area contributed by atoms with E-state index in [2.05, 4.69) is 32.3 Å². The maximum absolute atomic E-state index is 13.4. The molecule has 4 aromatic rings. The van der Waals surface area contributed by atoms with Crippen molar-refractivity contribution >= 4 is 10.9 Å². The Hall–Kier alpha value is -3.59. The summed E-state index contributed by atoms with van der Waals surface area (Å²) in [7, 11) is 1.60. The number of benzene rings is 2. The van der Waals surface area contributed by atoms with E-state index in [4.69, 9.17) is 4.74 Å². The van der Waals surface area contributed by atoms with Gasteiger partial charge in [0.05, 0.1) is 19.2 Å². The summed E-state index contributed by atoms with van der Waals surface area (Å²) < 4.78 is 20.4. The molecular weight excluding hydrogens is 435 g/mol. The van der Waals surface area contributed by atoms with Crippen LogP contribution in [0.15, 0.2) is 53.3 Å². The highest BCUT2D eigenvalue weighted by atomic mass is 19.1. The first kappa shape index (κ1) is 22.2. The second-order valence-corrected chi connectivity index (χ2v) is 8.97. The average Bonchev–Trinajstić information content (AvgIpc) is 3.28. The topological polar surface area (TPSA) is 88.9 Å². The lowest BCUT2D eigenvalue weighted by molar-refractivity contribution is 0.141. The van der Waals surface area contributed by atoms with Gasteiger partial charge in [-0.1, -0.05) is 19.1 Å². The summed E-state index contributed by atoms with van der Waals surface area (Å²) in [5.74, 6) is 1.49. The Morgan fingerprint density at radius 1 is 1.21 bits per heavy atom. The number of piperidine rings is 1. The summed E-state index contributed by atoms with van der Waals surface area (Å²) in [6.07, 6.45) is 2.19. The van der Waals surface area contributed by atoms with Crippen molar-refractivity contribution in [3.8, 4) is 5.75 Å². The highest BCUT2D eigenvalue weighted by Crippen LogP contribution is 2.31. The van der Waals surface area contributed by atoms with E-state index < -0.39 is 6.04 Å². The van der Waals surface area contributed by atoms with Crippen molar-refractivity contribution in [3.05, 3.63) is 81.7 Å². The molecule has 0 unspecified atom stereocenters. The minimum absolute atomic E-state index is 0.180. The Morgan fingerprint density at radius 2 is 2.03 bits per heavy atom. The molecule has 1 aliphatic heterocycles. The largest absolute Gasteiger partial charge is 0.497 e. The van der Waals surface area contributed by atoms with Gasteiger partial charge in [0.1, 0.15) is 17.6 Å². The van der Waals surface area contributed by atoms with Gasteiger partial charge in [0, 0.05) is 18.2 Å². The lowest BCUT2D eigenvalue weighted by Gasteiger charge is -2.36. The maximum Gasteiger partial charge on any atom is 0.253 e. The normalized spacial score (nSPS) is 17.7. The SMILES string of the molecule is COc1ccc2cc([C@H](c3nnnn3Cc3ccc(F)cc3)N3CCC[C@H](C)C3)c(=O)[nH]c2c1. The molecule has 2 atom stereocenters. The fourth-order valence-electron chi connectivity index (χ4n) is 4.77. The minimum atomic E-state index is -0.409. The molecule has 1 saturated heterocycles. The maximum atomic E-state index is 13.4. The van der Waals surface area contributed by atoms with E-state index >= 15 is 0 Å². The molecule has 9 heteroatoms. The molecule has 5 rings (SSSR count). The highest BCUT2D eigenvalue weighted by molar-refractivity contribution is 5.80. The van der Waals surface area contributed by atoms with Crippen LogP contribution in [0.2, 0.25) is 0 Å². The van der Waals surface area contributed by atoms with Crippen molar-refractivity contribution in [1.82, 2.24) is 30.1 Å². The van der Waals surface area contributed by atoms with Gasteiger partial charge < -0.3 is 9.72 Å². The number of halogens is 1. The summed E-state index contributed by atoms with van der Waals surface area (Å²) in [6.45, 7) is 4.29. The summed E-state index contributed by atoms with van der Waals surface area (Å²) in [6, 6.07) is 13.4. The number of tetrazole rings is 1. The Kier molecular flexibility index (Phi) is 6.10. The van der Waals surface area contributed by atoms with Gasteiger partial charge in [-0.2, -0.15) is 0 Å². The van der Waals surface area contributed by atoms with E-state index in [0.717, 1.165) is 36.9 Å². The van der Waals surface area contributed by atoms with Crippen molar-refractivity contribution in [3.63, 3.8) is 0 Å². The number of likely N-dealkylation sites (tertiary alicyclic amines) is 1. The van der Waals surface area contributed by atoms with E-state index in [1.165, 1.54) is 12.1 Å². The van der Waals surface area contributed by atoms with Gasteiger partial charge in [-0.05, 0) is 77.0 Å². The fraction of sp³-hybridized carbons (Fsp3) is 0.360. The molecule has 2 aromatic carbocycles. The Bertz CT molecular complexity index is 1350. The molecule has 0 amide bonds. The molecule has 8 nitrogen and oxygen atoms in total. The molecule has 1 fully saturated rings. The molecule has 0 spiro atoms. The fourth-order valence-corrected chi connectivity index (χ4v) is 4.77. The molecule has 1 N–H and O–H groups in total. The third-order valence-electron chi connectivity index (χ3n) is 6.48. The smallest absolute Gasteiger partial charge is 0.253 e. The molecule has 176 valence electrons. The summed E-state index contributed by atoms with van der Waals surface area (Å²) in [5.41, 5.74) is 2.01. The predicted octanol–water partition coefficient (Wildman–Crippen LogP) is 3.53. The second kappa shape index (κ2) is 9.34. The van der Waals surface area contributed by atoms with Crippen LogP contribution in [-0.4, -0.2) is 50.3 Å². The van der Waals surface area contributed by atoms with Crippen molar-refractivity contribution in [2.45, 2.75) is 32.4 Å². The number of fused-ring (bicyclic) bond motifs is 1. The van der Waals surface area contributed by atoms with E-state index in [1.54, 1.807) is 23.9 Å². The molecule has 0 saturated carbocycles. The van der Waals surface area contributed by atoms with Crippen LogP contribution in [0.4, 0.5) is 4.39 Å². The quantitative estimate of drug-likeness (QED) is 0.472. The van der Waals surface area contributed by atoms with Crippen LogP contribution in [-0.2, 0) is 6.54 Å². The number of hydrogen-bond donors (Lipinski definition) is 1. The van der Waals surface area contributed by atoms with Crippen LogP contribution in [0.5, 0.6) is 5.75 Å². The minimum Gasteiger partial charge on any atom is -0.497 e. The monoisotopic (exact) mass is 462 g/mol. The van der Waals surface area contributed by atoms with Crippen molar-refractivity contribution in [2.75, 3.05) is 20.2 Å². The number of methoxy groups -OCH3 is 1. The van der Waals surface area contributed by atoms with Gasteiger partial charge in [0.25, 0.3) is 5.56 Å². The number of ether oxygens (including phenoxy) is 1. The van der Waals surface area contributed by atoms with Crippen LogP contribution in [0.1, 0.15) is 42.8 Å². The standard InChI is InChI=1S/C25H27FN6O2/c1-16-4-3-11-31(14-16)23(21-12-18-7-10-20(34-2)13-22(18)27-25(21)33)24-28-29-30-32(24)15-17-5-8-19(26)9-6-17/h5-10,12-13,16,23H,3-4,11,14-15H2,1-2H3,(H,27,33)/t16-,23+/m0/s1. The number of rotatable bonds is 6. The van der Waals surface area contributed by atoms with Crippen LogP contribution in [0, 0.1) is 11.7 Å². The number of hydrogen-bond acceptors (Lipinski definition) is 6. The first-order valence-electron chi connectivity index (χ1n) is 11.5. The molecule has 34 heavy (non-hydrogen) atoms. The lowest BCUT2D eigenvalue weighted by Crippen LogP contribution is -2.41. The molecular formula is C25H27FN6O2. The van der Waals surface area contributed by atoms with Crippen LogP contribution in [0.25, 0.3) is 10.9 Å². The summed E-state index contributed by atoms with van der Waals surface area (Å²) in [5, 5.41) is 13.4. The number of aromatic amines is 1. The number of pyridine rings is 1. The number of nitrogens with one attached hydrogen (secondary N) is 1. The number of nitrogens with zero attached hydrogens (tertiary/aromatic N) is 5. The van der Waals surface area contributed by atoms with Gasteiger partial charge in [-0.3, -0.25) is 9.69 Å². The zero-order chi connectivity index (χ0) is 23.7. The van der Waals surface area contributed by atoms with E-state index in [1.807, 2.05) is 24.3 Å². The Balaban J connectivity index is 1.60. The number of H-pyrrole nitrogens is 1. The highest BCUT2D eigenvalue weighted by Gasteiger charge is 2.32. The van der Waals surface area contributed by atoms with Crippen LogP contribution < -0.4 is 10.3 Å². The van der Waals surface area contributed by atoms with Crippen molar-refractivity contribution in [1.29, 1.82) is 0 Å². The molecule has 0 radical (unpaired) electrons. The summed E-state index contributed by atoms with van der Waals surface area (Å²) >= 11 is 0. The van der Waals surface area contributed by atoms with E-state index in [0.29, 0.717) is 35.1 Å². The Morgan fingerprint density at radius 3 is 2.79 bits per heavy atom. The van der Waals surface area contributed by atoms with Gasteiger partial charge >= 0.3 is 0 Å². The third-order valence-corrected chi connectivity index (χ3v) is 6.48. The number of aromatic nitrogens is 5.